The monoisotopic (exact) mass is 260 g/mol. The second-order valence-corrected chi connectivity index (χ2v) is 4.32. The molecular weight excluding hydrogens is 248 g/mol. The molecule has 3 heteroatoms. The van der Waals surface area contributed by atoms with Crippen molar-refractivity contribution in [1.29, 1.82) is 0 Å². The molecule has 1 heterocycles. The first kappa shape index (κ1) is 12.2. The van der Waals surface area contributed by atoms with Crippen LogP contribution in [0.15, 0.2) is 59.0 Å². The van der Waals surface area contributed by atoms with Gasteiger partial charge in [0.15, 0.2) is 0 Å². The summed E-state index contributed by atoms with van der Waals surface area (Å²) in [5.41, 5.74) is 2.86. The lowest BCUT2D eigenvalue weighted by atomic mass is 10.1. The highest BCUT2D eigenvalue weighted by atomic mass is 16.4. The third-order valence-corrected chi connectivity index (χ3v) is 2.78. The largest absolute Gasteiger partial charge is 0.421 e. The standard InChI is InChI=1S/C17H12N2O/c1-13-18-19-17(20-13)16-11-9-15(10-12-16)8-7-14-5-3-2-4-6-14/h2-6,9-12H,1H3. The topological polar surface area (TPSA) is 38.9 Å². The van der Waals surface area contributed by atoms with Gasteiger partial charge in [-0.1, -0.05) is 30.0 Å². The van der Waals surface area contributed by atoms with Crippen LogP contribution in [-0.4, -0.2) is 10.2 Å². The minimum absolute atomic E-state index is 0.532. The van der Waals surface area contributed by atoms with E-state index in [0.29, 0.717) is 11.8 Å². The Morgan fingerprint density at radius 2 is 1.45 bits per heavy atom. The Bertz CT molecular complexity index is 762. The van der Waals surface area contributed by atoms with E-state index in [2.05, 4.69) is 22.0 Å². The van der Waals surface area contributed by atoms with Crippen LogP contribution in [0, 0.1) is 18.8 Å². The molecule has 0 unspecified atom stereocenters. The van der Waals surface area contributed by atoms with E-state index < -0.39 is 0 Å². The highest BCUT2D eigenvalue weighted by Crippen LogP contribution is 2.17. The van der Waals surface area contributed by atoms with Crippen LogP contribution < -0.4 is 0 Å². The lowest BCUT2D eigenvalue weighted by molar-refractivity contribution is 0.533. The zero-order valence-electron chi connectivity index (χ0n) is 11.0. The fraction of sp³-hybridized carbons (Fsp3) is 0.0588. The molecule has 0 atom stereocenters. The van der Waals surface area contributed by atoms with Crippen LogP contribution in [0.4, 0.5) is 0 Å². The van der Waals surface area contributed by atoms with E-state index in [9.17, 15) is 0 Å². The van der Waals surface area contributed by atoms with Crippen LogP contribution in [0.2, 0.25) is 0 Å². The van der Waals surface area contributed by atoms with Gasteiger partial charge < -0.3 is 4.42 Å². The van der Waals surface area contributed by atoms with Crippen LogP contribution >= 0.6 is 0 Å². The van der Waals surface area contributed by atoms with Crippen LogP contribution in [0.5, 0.6) is 0 Å². The van der Waals surface area contributed by atoms with Gasteiger partial charge in [-0.3, -0.25) is 0 Å². The summed E-state index contributed by atoms with van der Waals surface area (Å²) in [5.74, 6) is 7.35. The summed E-state index contributed by atoms with van der Waals surface area (Å²) in [4.78, 5) is 0. The maximum Gasteiger partial charge on any atom is 0.247 e. The molecule has 0 radical (unpaired) electrons. The maximum absolute atomic E-state index is 5.38. The molecule has 0 saturated heterocycles. The maximum atomic E-state index is 5.38. The molecule has 0 fully saturated rings. The van der Waals surface area contributed by atoms with Crippen molar-refractivity contribution in [1.82, 2.24) is 10.2 Å². The normalized spacial score (nSPS) is 9.85. The average Bonchev–Trinajstić information content (AvgIpc) is 2.93. The molecule has 0 aliphatic heterocycles. The van der Waals surface area contributed by atoms with Gasteiger partial charge in [0.1, 0.15) is 0 Å². The van der Waals surface area contributed by atoms with Gasteiger partial charge in [0.2, 0.25) is 11.8 Å². The number of benzene rings is 2. The van der Waals surface area contributed by atoms with E-state index in [-0.39, 0.29) is 0 Å². The molecule has 0 aliphatic carbocycles. The second-order valence-electron chi connectivity index (χ2n) is 4.32. The molecule has 3 aromatic rings. The molecule has 0 spiro atoms. The number of aromatic nitrogens is 2. The van der Waals surface area contributed by atoms with Crippen molar-refractivity contribution < 1.29 is 4.42 Å². The Hall–Kier alpha value is -2.86. The van der Waals surface area contributed by atoms with Crippen molar-refractivity contribution >= 4 is 0 Å². The van der Waals surface area contributed by atoms with Crippen molar-refractivity contribution in [3.05, 3.63) is 71.6 Å². The molecule has 96 valence electrons. The van der Waals surface area contributed by atoms with Crippen molar-refractivity contribution in [2.45, 2.75) is 6.92 Å². The van der Waals surface area contributed by atoms with Gasteiger partial charge in [0.25, 0.3) is 0 Å². The molecular formula is C17H12N2O. The molecule has 1 aromatic heterocycles. The summed E-state index contributed by atoms with van der Waals surface area (Å²) in [6.45, 7) is 1.77. The molecule has 0 aliphatic rings. The molecule has 0 bridgehead atoms. The van der Waals surface area contributed by atoms with E-state index in [4.69, 9.17) is 4.42 Å². The highest BCUT2D eigenvalue weighted by Gasteiger charge is 2.04. The molecule has 3 rings (SSSR count). The molecule has 20 heavy (non-hydrogen) atoms. The number of nitrogens with zero attached hydrogens (tertiary/aromatic N) is 2. The quantitative estimate of drug-likeness (QED) is 0.629. The lowest BCUT2D eigenvalue weighted by Gasteiger charge is -1.94. The first-order valence-electron chi connectivity index (χ1n) is 6.29. The van der Waals surface area contributed by atoms with Gasteiger partial charge in [-0.25, -0.2) is 0 Å². The zero-order valence-corrected chi connectivity index (χ0v) is 11.0. The van der Waals surface area contributed by atoms with Crippen molar-refractivity contribution in [2.24, 2.45) is 0 Å². The first-order valence-corrected chi connectivity index (χ1v) is 6.29. The van der Waals surface area contributed by atoms with E-state index in [0.717, 1.165) is 16.7 Å². The average molecular weight is 260 g/mol. The third kappa shape index (κ3) is 2.76. The number of hydrogen-bond donors (Lipinski definition) is 0. The van der Waals surface area contributed by atoms with Crippen LogP contribution in [-0.2, 0) is 0 Å². The highest BCUT2D eigenvalue weighted by molar-refractivity contribution is 5.55. The predicted molar refractivity (Wildman–Crippen MR) is 76.9 cm³/mol. The van der Waals surface area contributed by atoms with E-state index in [1.54, 1.807) is 6.92 Å². The Morgan fingerprint density at radius 3 is 2.05 bits per heavy atom. The van der Waals surface area contributed by atoms with Gasteiger partial charge in [0.05, 0.1) is 0 Å². The van der Waals surface area contributed by atoms with Gasteiger partial charge >= 0.3 is 0 Å². The smallest absolute Gasteiger partial charge is 0.247 e. The first-order chi connectivity index (χ1) is 9.81. The van der Waals surface area contributed by atoms with Gasteiger partial charge in [-0.05, 0) is 36.4 Å². The summed E-state index contributed by atoms with van der Waals surface area (Å²) >= 11 is 0. The molecule has 0 amide bonds. The van der Waals surface area contributed by atoms with Gasteiger partial charge in [-0.2, -0.15) is 0 Å². The Kier molecular flexibility index (Phi) is 3.30. The number of rotatable bonds is 1. The SMILES string of the molecule is Cc1nnc(-c2ccc(C#Cc3ccccc3)cc2)o1. The summed E-state index contributed by atoms with van der Waals surface area (Å²) in [5, 5.41) is 7.80. The van der Waals surface area contributed by atoms with E-state index >= 15 is 0 Å². The third-order valence-electron chi connectivity index (χ3n) is 2.78. The summed E-state index contributed by atoms with van der Waals surface area (Å²) in [6.07, 6.45) is 0. The van der Waals surface area contributed by atoms with Crippen LogP contribution in [0.3, 0.4) is 0 Å². The lowest BCUT2D eigenvalue weighted by Crippen LogP contribution is -1.80. The Morgan fingerprint density at radius 1 is 0.800 bits per heavy atom. The Balaban J connectivity index is 1.82. The van der Waals surface area contributed by atoms with Crippen LogP contribution in [0.1, 0.15) is 17.0 Å². The van der Waals surface area contributed by atoms with Crippen molar-refractivity contribution in [3.8, 4) is 23.3 Å². The molecule has 0 saturated carbocycles. The number of hydrogen-bond acceptors (Lipinski definition) is 3. The van der Waals surface area contributed by atoms with E-state index in [1.807, 2.05) is 54.6 Å². The fourth-order valence-electron chi connectivity index (χ4n) is 1.78. The summed E-state index contributed by atoms with van der Waals surface area (Å²) in [7, 11) is 0. The summed E-state index contributed by atoms with van der Waals surface area (Å²) < 4.78 is 5.38. The van der Waals surface area contributed by atoms with Crippen LogP contribution in [0.25, 0.3) is 11.5 Å². The Labute approximate surface area is 117 Å². The van der Waals surface area contributed by atoms with Crippen molar-refractivity contribution in [3.63, 3.8) is 0 Å². The van der Waals surface area contributed by atoms with Gasteiger partial charge in [0, 0.05) is 23.6 Å². The van der Waals surface area contributed by atoms with Gasteiger partial charge in [-0.15, -0.1) is 10.2 Å². The molecule has 2 aromatic carbocycles. The second kappa shape index (κ2) is 5.41. The molecule has 0 N–H and O–H groups in total. The minimum atomic E-state index is 0.532. The predicted octanol–water partition coefficient (Wildman–Crippen LogP) is 3.44. The zero-order chi connectivity index (χ0) is 13.8. The summed E-state index contributed by atoms with van der Waals surface area (Å²) in [6, 6.07) is 17.7. The van der Waals surface area contributed by atoms with E-state index in [1.165, 1.54) is 0 Å². The molecule has 3 nitrogen and oxygen atoms in total. The number of aryl methyl sites for hydroxylation is 1. The van der Waals surface area contributed by atoms with Crippen molar-refractivity contribution in [2.75, 3.05) is 0 Å². The minimum Gasteiger partial charge on any atom is -0.421 e. The fourth-order valence-corrected chi connectivity index (χ4v) is 1.78.